The summed E-state index contributed by atoms with van der Waals surface area (Å²) in [6, 6.07) is 22.9. The van der Waals surface area contributed by atoms with E-state index in [0.717, 1.165) is 53.0 Å². The summed E-state index contributed by atoms with van der Waals surface area (Å²) in [5, 5.41) is 0. The van der Waals surface area contributed by atoms with Crippen LogP contribution in [0, 0.1) is 13.5 Å². The zero-order chi connectivity index (χ0) is 31.3. The van der Waals surface area contributed by atoms with Crippen molar-refractivity contribution in [3.63, 3.8) is 0 Å². The van der Waals surface area contributed by atoms with Crippen molar-refractivity contribution in [1.82, 2.24) is 0 Å². The summed E-state index contributed by atoms with van der Waals surface area (Å²) >= 11 is 0. The molecule has 2 atom stereocenters. The molecule has 228 valence electrons. The maximum atomic E-state index is 13.0. The van der Waals surface area contributed by atoms with Crippen LogP contribution in [0.4, 0.5) is 5.69 Å². The molecule has 4 aromatic rings. The predicted octanol–water partition coefficient (Wildman–Crippen LogP) is 7.69. The van der Waals surface area contributed by atoms with Gasteiger partial charge in [-0.1, -0.05) is 43.3 Å². The molecular formula is C37H33NO7. The molecule has 1 fully saturated rings. The van der Waals surface area contributed by atoms with E-state index in [9.17, 15) is 9.59 Å². The molecule has 0 radical (unpaired) electrons. The highest BCUT2D eigenvalue weighted by molar-refractivity contribution is 5.92. The first-order valence-corrected chi connectivity index (χ1v) is 15.0. The number of epoxide rings is 1. The van der Waals surface area contributed by atoms with Crippen molar-refractivity contribution in [2.45, 2.75) is 38.7 Å². The number of hydrogen-bond acceptors (Lipinski definition) is 7. The van der Waals surface area contributed by atoms with Gasteiger partial charge in [0.05, 0.1) is 37.5 Å². The molecule has 4 aromatic carbocycles. The van der Waals surface area contributed by atoms with Crippen LogP contribution in [0.5, 0.6) is 17.2 Å². The molecule has 8 nitrogen and oxygen atoms in total. The van der Waals surface area contributed by atoms with Crippen molar-refractivity contribution < 1.29 is 33.3 Å². The van der Waals surface area contributed by atoms with Crippen LogP contribution in [0.2, 0.25) is 0 Å². The number of fused-ring (bicyclic) bond motifs is 3. The van der Waals surface area contributed by atoms with Gasteiger partial charge in [-0.15, -0.1) is 0 Å². The Labute approximate surface area is 262 Å². The normalized spacial score (nSPS) is 15.8. The summed E-state index contributed by atoms with van der Waals surface area (Å²) in [5.74, 6) is 0.716. The monoisotopic (exact) mass is 603 g/mol. The lowest BCUT2D eigenvalue weighted by atomic mass is 9.99. The summed E-state index contributed by atoms with van der Waals surface area (Å²) in [4.78, 5) is 29.1. The van der Waals surface area contributed by atoms with Crippen molar-refractivity contribution in [2.24, 2.45) is 0 Å². The number of carbonyl (C=O) groups is 2. The second-order valence-corrected chi connectivity index (χ2v) is 11.2. The number of nitrogens with zero attached hydrogens (tertiary/aromatic N) is 1. The van der Waals surface area contributed by atoms with Gasteiger partial charge in [0, 0.05) is 12.5 Å². The number of esters is 2. The molecule has 1 aliphatic heterocycles. The standard InChI is InChI=1S/C37H33NO7/c1-23-18-26(8-15-35(23)42-17-5-4-16-41-21-30-22-43-30)37(40)45-29-12-14-32-31-13-11-28(19-33(31)24(2)34(32)20-29)44-36(39)25-6-9-27(38-3)10-7-25/h6-15,18-20,24,30H,4-5,16-17,21-22H2,1-2H3. The van der Waals surface area contributed by atoms with E-state index >= 15 is 0 Å². The van der Waals surface area contributed by atoms with Crippen LogP contribution in [0.25, 0.3) is 16.0 Å². The SMILES string of the molecule is [C-]#[N+]c1ccc(C(=O)Oc2ccc3c(c2)C(C)c2cc(OC(=O)c4ccc(OCCCCOCC5CO5)c(C)c4)ccc2-3)cc1. The molecule has 6 rings (SSSR count). The first-order valence-electron chi connectivity index (χ1n) is 15.0. The number of rotatable bonds is 12. The van der Waals surface area contributed by atoms with Crippen LogP contribution < -0.4 is 14.2 Å². The third-order valence-electron chi connectivity index (χ3n) is 7.98. The average Bonchev–Trinajstić information content (AvgIpc) is 3.85. The number of hydrogen-bond donors (Lipinski definition) is 0. The van der Waals surface area contributed by atoms with Crippen molar-refractivity contribution in [2.75, 3.05) is 26.4 Å². The highest BCUT2D eigenvalue weighted by Gasteiger charge is 2.27. The minimum Gasteiger partial charge on any atom is -0.493 e. The summed E-state index contributed by atoms with van der Waals surface area (Å²) in [6.45, 7) is 13.8. The van der Waals surface area contributed by atoms with E-state index in [1.54, 1.807) is 54.6 Å². The zero-order valence-corrected chi connectivity index (χ0v) is 25.2. The fraction of sp³-hybridized carbons (Fsp3) is 0.270. The number of unbranched alkanes of at least 4 members (excludes halogenated alkanes) is 1. The van der Waals surface area contributed by atoms with E-state index in [2.05, 4.69) is 11.8 Å². The molecule has 0 saturated carbocycles. The van der Waals surface area contributed by atoms with Crippen molar-refractivity contribution >= 4 is 17.6 Å². The van der Waals surface area contributed by atoms with E-state index in [-0.39, 0.29) is 12.0 Å². The largest absolute Gasteiger partial charge is 0.493 e. The molecule has 0 bridgehead atoms. The summed E-state index contributed by atoms with van der Waals surface area (Å²) in [5.41, 5.74) is 6.29. The van der Waals surface area contributed by atoms with Gasteiger partial charge in [-0.25, -0.2) is 14.4 Å². The zero-order valence-electron chi connectivity index (χ0n) is 25.2. The van der Waals surface area contributed by atoms with E-state index in [4.69, 9.17) is 30.3 Å². The van der Waals surface area contributed by atoms with E-state index in [1.807, 2.05) is 31.2 Å². The molecule has 0 spiro atoms. The highest BCUT2D eigenvalue weighted by Crippen LogP contribution is 2.47. The summed E-state index contributed by atoms with van der Waals surface area (Å²) < 4.78 is 28.0. The third-order valence-corrected chi connectivity index (χ3v) is 7.98. The summed E-state index contributed by atoms with van der Waals surface area (Å²) in [7, 11) is 0. The second kappa shape index (κ2) is 13.3. The minimum absolute atomic E-state index is 0.00251. The highest BCUT2D eigenvalue weighted by atomic mass is 16.6. The average molecular weight is 604 g/mol. The molecule has 2 aliphatic rings. The van der Waals surface area contributed by atoms with Gasteiger partial charge >= 0.3 is 11.9 Å². The lowest BCUT2D eigenvalue weighted by Gasteiger charge is -2.12. The first-order chi connectivity index (χ1) is 21.9. The minimum atomic E-state index is -0.487. The van der Waals surface area contributed by atoms with Crippen LogP contribution in [0.3, 0.4) is 0 Å². The fourth-order valence-corrected chi connectivity index (χ4v) is 5.39. The third kappa shape index (κ3) is 7.07. The van der Waals surface area contributed by atoms with Gasteiger partial charge in [0.25, 0.3) is 0 Å². The van der Waals surface area contributed by atoms with Crippen LogP contribution in [0.15, 0.2) is 78.9 Å². The van der Waals surface area contributed by atoms with E-state index < -0.39 is 11.9 Å². The fourth-order valence-electron chi connectivity index (χ4n) is 5.39. The maximum Gasteiger partial charge on any atom is 0.343 e. The Morgan fingerprint density at radius 3 is 2.02 bits per heavy atom. The smallest absolute Gasteiger partial charge is 0.343 e. The molecule has 1 aliphatic carbocycles. The van der Waals surface area contributed by atoms with Crippen LogP contribution in [-0.2, 0) is 9.47 Å². The van der Waals surface area contributed by atoms with Crippen molar-refractivity contribution in [3.8, 4) is 28.4 Å². The van der Waals surface area contributed by atoms with Crippen molar-refractivity contribution in [3.05, 3.63) is 118 Å². The Bertz CT molecular complexity index is 1770. The number of ether oxygens (including phenoxy) is 5. The molecule has 0 N–H and O–H groups in total. The van der Waals surface area contributed by atoms with Gasteiger partial charge < -0.3 is 23.7 Å². The molecular weight excluding hydrogens is 570 g/mol. The summed E-state index contributed by atoms with van der Waals surface area (Å²) in [6.07, 6.45) is 2.08. The topological polar surface area (TPSA) is 88.0 Å². The number of benzene rings is 4. The van der Waals surface area contributed by atoms with E-state index in [0.29, 0.717) is 48.1 Å². The predicted molar refractivity (Wildman–Crippen MR) is 168 cm³/mol. The molecule has 45 heavy (non-hydrogen) atoms. The molecule has 2 unspecified atom stereocenters. The quantitative estimate of drug-likeness (QED) is 0.0539. The molecule has 8 heteroatoms. The van der Waals surface area contributed by atoms with E-state index in [1.165, 1.54) is 0 Å². The Morgan fingerprint density at radius 2 is 1.42 bits per heavy atom. The van der Waals surface area contributed by atoms with Gasteiger partial charge in [-0.2, -0.15) is 0 Å². The lowest BCUT2D eigenvalue weighted by Crippen LogP contribution is -2.10. The van der Waals surface area contributed by atoms with Gasteiger partial charge in [0.2, 0.25) is 0 Å². The van der Waals surface area contributed by atoms with Gasteiger partial charge in [0.15, 0.2) is 5.69 Å². The molecule has 1 saturated heterocycles. The van der Waals surface area contributed by atoms with Crippen LogP contribution in [-0.4, -0.2) is 44.5 Å². The van der Waals surface area contributed by atoms with Gasteiger partial charge in [-0.05, 0) is 90.0 Å². The van der Waals surface area contributed by atoms with Crippen molar-refractivity contribution in [1.29, 1.82) is 0 Å². The number of aryl methyl sites for hydroxylation is 1. The van der Waals surface area contributed by atoms with Gasteiger partial charge in [-0.3, -0.25) is 0 Å². The Morgan fingerprint density at radius 1 is 0.822 bits per heavy atom. The van der Waals surface area contributed by atoms with Crippen LogP contribution >= 0.6 is 0 Å². The second-order valence-electron chi connectivity index (χ2n) is 11.2. The Balaban J connectivity index is 1.05. The van der Waals surface area contributed by atoms with Gasteiger partial charge in [0.1, 0.15) is 23.4 Å². The molecule has 0 amide bonds. The molecule has 0 aromatic heterocycles. The first kappa shape index (κ1) is 30.1. The van der Waals surface area contributed by atoms with Crippen LogP contribution in [0.1, 0.15) is 63.1 Å². The lowest BCUT2D eigenvalue weighted by molar-refractivity contribution is 0.0725. The Kier molecular flexibility index (Phi) is 8.92. The Hall–Kier alpha value is -4.97. The molecule has 1 heterocycles. The number of carbonyl (C=O) groups excluding carboxylic acids is 2. The maximum absolute atomic E-state index is 13.0.